The fourth-order valence-corrected chi connectivity index (χ4v) is 5.41. The van der Waals surface area contributed by atoms with Crippen LogP contribution in [0.1, 0.15) is 66.1 Å². The van der Waals surface area contributed by atoms with Gasteiger partial charge in [0.1, 0.15) is 23.7 Å². The van der Waals surface area contributed by atoms with E-state index in [1.54, 1.807) is 58.4 Å². The third kappa shape index (κ3) is 8.75. The number of benzene rings is 1. The fourth-order valence-electron chi connectivity index (χ4n) is 4.60. The number of hydrogen-bond acceptors (Lipinski definition) is 8. The van der Waals surface area contributed by atoms with Crippen molar-refractivity contribution in [3.8, 4) is 10.4 Å². The molecule has 4 atom stereocenters. The molecule has 1 aliphatic rings. The van der Waals surface area contributed by atoms with Gasteiger partial charge in [-0.05, 0) is 51.2 Å². The van der Waals surface area contributed by atoms with Crippen LogP contribution in [0.5, 0.6) is 0 Å². The zero-order valence-corrected chi connectivity index (χ0v) is 26.4. The summed E-state index contributed by atoms with van der Waals surface area (Å²) in [5.41, 5.74) is 3.23. The average Bonchev–Trinajstić information content (AvgIpc) is 3.49. The van der Waals surface area contributed by atoms with E-state index in [4.69, 9.17) is 4.74 Å². The summed E-state index contributed by atoms with van der Waals surface area (Å²) in [6.07, 6.45) is -1.55. The van der Waals surface area contributed by atoms with Crippen molar-refractivity contribution < 1.29 is 29.0 Å². The molecule has 0 aliphatic carbocycles. The number of nitrogens with zero attached hydrogens (tertiary/aromatic N) is 2. The molecule has 0 saturated carbocycles. The van der Waals surface area contributed by atoms with Crippen LogP contribution in [0.3, 0.4) is 0 Å². The highest BCUT2D eigenvalue weighted by molar-refractivity contribution is 7.13. The highest BCUT2D eigenvalue weighted by atomic mass is 32.1. The van der Waals surface area contributed by atoms with Crippen LogP contribution < -0.4 is 16.0 Å². The van der Waals surface area contributed by atoms with Crippen LogP contribution in [-0.2, 0) is 25.7 Å². The molecule has 0 unspecified atom stereocenters. The SMILES string of the molecule is Cc1ncsc1-c1ccc(CNC(=O)[C@@H]2C[C@@H](O)CN2C(=O)[C@@H](NC(=O)[C@H](C)NC(=O)OC(C)(C)C)C(C)(C)C)cc1. The predicted octanol–water partition coefficient (Wildman–Crippen LogP) is 3.14. The van der Waals surface area contributed by atoms with Gasteiger partial charge in [0.2, 0.25) is 17.7 Å². The van der Waals surface area contributed by atoms with E-state index in [1.807, 2.05) is 31.2 Å². The monoisotopic (exact) mass is 601 g/mol. The zero-order chi connectivity index (χ0) is 31.4. The van der Waals surface area contributed by atoms with Gasteiger partial charge in [0.05, 0.1) is 22.2 Å². The molecule has 1 aromatic carbocycles. The Morgan fingerprint density at radius 3 is 2.29 bits per heavy atom. The van der Waals surface area contributed by atoms with E-state index in [-0.39, 0.29) is 25.4 Å². The molecular formula is C30H43N5O6S. The van der Waals surface area contributed by atoms with E-state index in [2.05, 4.69) is 20.9 Å². The maximum atomic E-state index is 13.8. The third-order valence-corrected chi connectivity index (χ3v) is 7.80. The van der Waals surface area contributed by atoms with Gasteiger partial charge < -0.3 is 30.7 Å². The molecule has 0 radical (unpaired) electrons. The number of carbonyl (C=O) groups is 4. The summed E-state index contributed by atoms with van der Waals surface area (Å²) in [6, 6.07) is 4.92. The van der Waals surface area contributed by atoms with Crippen molar-refractivity contribution in [2.24, 2.45) is 5.41 Å². The number of likely N-dealkylation sites (tertiary alicyclic amines) is 1. The molecule has 1 aliphatic heterocycles. The Hall–Kier alpha value is -3.51. The minimum Gasteiger partial charge on any atom is -0.444 e. The van der Waals surface area contributed by atoms with Gasteiger partial charge >= 0.3 is 6.09 Å². The number of carbonyl (C=O) groups excluding carboxylic acids is 4. The molecule has 1 saturated heterocycles. The summed E-state index contributed by atoms with van der Waals surface area (Å²) in [5.74, 6) is -1.45. The Balaban J connectivity index is 1.66. The molecule has 1 fully saturated rings. The lowest BCUT2D eigenvalue weighted by Gasteiger charge is -2.36. The zero-order valence-electron chi connectivity index (χ0n) is 25.6. The molecule has 3 rings (SSSR count). The Morgan fingerprint density at radius 2 is 1.74 bits per heavy atom. The van der Waals surface area contributed by atoms with E-state index in [0.717, 1.165) is 21.7 Å². The highest BCUT2D eigenvalue weighted by Gasteiger charge is 2.44. The van der Waals surface area contributed by atoms with Crippen molar-refractivity contribution >= 4 is 35.2 Å². The van der Waals surface area contributed by atoms with Crippen molar-refractivity contribution in [2.45, 2.75) is 98.2 Å². The Morgan fingerprint density at radius 1 is 1.10 bits per heavy atom. The van der Waals surface area contributed by atoms with Crippen LogP contribution in [0.15, 0.2) is 29.8 Å². The topological polar surface area (TPSA) is 150 Å². The quantitative estimate of drug-likeness (QED) is 0.363. The van der Waals surface area contributed by atoms with Gasteiger partial charge in [0.25, 0.3) is 0 Å². The van der Waals surface area contributed by atoms with Crippen molar-refractivity contribution in [1.82, 2.24) is 25.8 Å². The maximum absolute atomic E-state index is 13.8. The second-order valence-corrected chi connectivity index (χ2v) is 13.6. The minimum absolute atomic E-state index is 0.0338. The average molecular weight is 602 g/mol. The van der Waals surface area contributed by atoms with Crippen molar-refractivity contribution in [1.29, 1.82) is 0 Å². The van der Waals surface area contributed by atoms with E-state index >= 15 is 0 Å². The highest BCUT2D eigenvalue weighted by Crippen LogP contribution is 2.28. The van der Waals surface area contributed by atoms with Crippen LogP contribution in [0.2, 0.25) is 0 Å². The number of rotatable bonds is 8. The second kappa shape index (κ2) is 13.2. The number of aryl methyl sites for hydroxylation is 1. The minimum atomic E-state index is -1.02. The summed E-state index contributed by atoms with van der Waals surface area (Å²) in [4.78, 5) is 58.9. The molecule has 1 aromatic heterocycles. The predicted molar refractivity (Wildman–Crippen MR) is 160 cm³/mol. The molecule has 0 bridgehead atoms. The van der Waals surface area contributed by atoms with Crippen molar-refractivity contribution in [3.05, 3.63) is 41.0 Å². The molecule has 4 amide bonds. The Bertz CT molecular complexity index is 1280. The number of aromatic nitrogens is 1. The lowest BCUT2D eigenvalue weighted by molar-refractivity contribution is -0.144. The molecule has 4 N–H and O–H groups in total. The second-order valence-electron chi connectivity index (χ2n) is 12.8. The number of ether oxygens (including phenoxy) is 1. The Labute approximate surface area is 251 Å². The van der Waals surface area contributed by atoms with E-state index in [1.165, 1.54) is 11.8 Å². The number of nitrogens with one attached hydrogen (secondary N) is 3. The third-order valence-electron chi connectivity index (χ3n) is 6.82. The molecular weight excluding hydrogens is 558 g/mol. The van der Waals surface area contributed by atoms with E-state index in [0.29, 0.717) is 0 Å². The molecule has 42 heavy (non-hydrogen) atoms. The molecule has 11 nitrogen and oxygen atoms in total. The number of aliphatic hydroxyl groups excluding tert-OH is 1. The number of hydrogen-bond donors (Lipinski definition) is 4. The first-order chi connectivity index (χ1) is 19.5. The number of thiazole rings is 1. The summed E-state index contributed by atoms with van der Waals surface area (Å²) >= 11 is 1.57. The Kier molecular flexibility index (Phi) is 10.4. The van der Waals surface area contributed by atoms with Crippen LogP contribution in [-0.4, -0.2) is 75.2 Å². The number of β-amino-alcohol motifs (C(OH)–C–C–N with tert-alkyl or cyclic N) is 1. The normalized spacial score (nSPS) is 18.6. The summed E-state index contributed by atoms with van der Waals surface area (Å²) < 4.78 is 5.21. The molecule has 0 spiro atoms. The number of aliphatic hydroxyl groups is 1. The smallest absolute Gasteiger partial charge is 0.408 e. The lowest BCUT2D eigenvalue weighted by Crippen LogP contribution is -2.60. The van der Waals surface area contributed by atoms with Crippen LogP contribution in [0.25, 0.3) is 10.4 Å². The van der Waals surface area contributed by atoms with Crippen LogP contribution >= 0.6 is 11.3 Å². The first kappa shape index (κ1) is 33.0. The van der Waals surface area contributed by atoms with Gasteiger partial charge in [0, 0.05) is 19.5 Å². The van der Waals surface area contributed by atoms with Gasteiger partial charge in [0.15, 0.2) is 0 Å². The van der Waals surface area contributed by atoms with Gasteiger partial charge in [-0.1, -0.05) is 45.0 Å². The standard InChI is InChI=1S/C30H43N5O6S/c1-17-23(42-16-32-17)20-11-9-19(10-12-20)14-31-26(38)22-13-21(36)15-35(22)27(39)24(29(3,4)5)34-25(37)18(2)33-28(40)41-30(6,7)8/h9-12,16,18,21-22,24,36H,13-15H2,1-8H3,(H,31,38)(H,33,40)(H,34,37)/t18-,21+,22-,24+/m0/s1. The van der Waals surface area contributed by atoms with Crippen molar-refractivity contribution in [2.75, 3.05) is 6.54 Å². The first-order valence-corrected chi connectivity index (χ1v) is 14.9. The van der Waals surface area contributed by atoms with E-state index < -0.39 is 53.2 Å². The van der Waals surface area contributed by atoms with Gasteiger partial charge in [-0.3, -0.25) is 14.4 Å². The molecule has 2 heterocycles. The number of alkyl carbamates (subject to hydrolysis) is 1. The fraction of sp³-hybridized carbons (Fsp3) is 0.567. The molecule has 12 heteroatoms. The number of amides is 4. The molecule has 230 valence electrons. The summed E-state index contributed by atoms with van der Waals surface area (Å²) in [6.45, 7) is 14.2. The largest absolute Gasteiger partial charge is 0.444 e. The van der Waals surface area contributed by atoms with Gasteiger partial charge in [-0.2, -0.15) is 0 Å². The van der Waals surface area contributed by atoms with Gasteiger partial charge in [-0.15, -0.1) is 11.3 Å². The first-order valence-electron chi connectivity index (χ1n) is 14.0. The molecule has 2 aromatic rings. The van der Waals surface area contributed by atoms with Gasteiger partial charge in [-0.25, -0.2) is 9.78 Å². The van der Waals surface area contributed by atoms with Crippen LogP contribution in [0.4, 0.5) is 4.79 Å². The van der Waals surface area contributed by atoms with E-state index in [9.17, 15) is 24.3 Å². The lowest BCUT2D eigenvalue weighted by atomic mass is 9.85. The van der Waals surface area contributed by atoms with Crippen LogP contribution in [0, 0.1) is 12.3 Å². The summed E-state index contributed by atoms with van der Waals surface area (Å²) in [7, 11) is 0. The maximum Gasteiger partial charge on any atom is 0.408 e. The summed E-state index contributed by atoms with van der Waals surface area (Å²) in [5, 5.41) is 18.5. The van der Waals surface area contributed by atoms with Crippen molar-refractivity contribution in [3.63, 3.8) is 0 Å².